The Hall–Kier alpha value is -4.76. The fourth-order valence-electron chi connectivity index (χ4n) is 5.26. The third kappa shape index (κ3) is 6.83. The number of fused-ring (bicyclic) bond motifs is 1. The van der Waals surface area contributed by atoms with E-state index in [1.165, 1.54) is 37.6 Å². The van der Waals surface area contributed by atoms with Crippen LogP contribution in [-0.2, 0) is 24.4 Å². The number of carboxylic acid groups (broad SMARTS) is 1. The van der Waals surface area contributed by atoms with Crippen molar-refractivity contribution in [3.63, 3.8) is 0 Å². The number of carbonyl (C=O) groups is 1. The lowest BCUT2D eigenvalue weighted by Crippen LogP contribution is -2.39. The summed E-state index contributed by atoms with van der Waals surface area (Å²) < 4.78 is 47.9. The first-order valence-electron chi connectivity index (χ1n) is 13.9. The Morgan fingerprint density at radius 3 is 2.71 bits per heavy atom. The number of aliphatic hydroxyl groups is 1. The van der Waals surface area contributed by atoms with Gasteiger partial charge >= 0.3 is 5.97 Å². The molecule has 9 nitrogen and oxygen atoms in total. The van der Waals surface area contributed by atoms with Gasteiger partial charge < -0.3 is 24.4 Å². The van der Waals surface area contributed by atoms with Crippen LogP contribution in [0.1, 0.15) is 40.3 Å². The Morgan fingerprint density at radius 2 is 1.98 bits per heavy atom. The molecule has 0 fully saturated rings. The molecular formula is C33H28ClF2N3O6. The number of hydrogen-bond acceptors (Lipinski definition) is 8. The third-order valence-corrected chi connectivity index (χ3v) is 7.77. The first kappa shape index (κ1) is 31.7. The molecule has 45 heavy (non-hydrogen) atoms. The molecule has 0 saturated carbocycles. The number of rotatable bonds is 12. The van der Waals surface area contributed by atoms with Crippen molar-refractivity contribution in [2.24, 2.45) is 0 Å². The molecule has 1 unspecified atom stereocenters. The summed E-state index contributed by atoms with van der Waals surface area (Å²) >= 11 is 6.62. The van der Waals surface area contributed by atoms with Crippen LogP contribution in [0.2, 0.25) is 5.02 Å². The molecule has 1 aliphatic rings. The van der Waals surface area contributed by atoms with Gasteiger partial charge in [0.25, 0.3) is 0 Å². The molecular weight excluding hydrogens is 608 g/mol. The summed E-state index contributed by atoms with van der Waals surface area (Å²) in [5.41, 5.74) is 3.16. The Labute approximate surface area is 262 Å². The van der Waals surface area contributed by atoms with E-state index in [2.05, 4.69) is 10.3 Å². The number of nitrogens with one attached hydrogen (secondary N) is 1. The van der Waals surface area contributed by atoms with Crippen molar-refractivity contribution < 1.29 is 38.0 Å². The van der Waals surface area contributed by atoms with E-state index in [-0.39, 0.29) is 41.0 Å². The number of aliphatic carboxylic acids is 1. The van der Waals surface area contributed by atoms with Crippen LogP contribution in [0.15, 0.2) is 60.9 Å². The van der Waals surface area contributed by atoms with Crippen molar-refractivity contribution in [2.75, 3.05) is 13.7 Å². The van der Waals surface area contributed by atoms with Crippen molar-refractivity contribution >= 4 is 17.6 Å². The summed E-state index contributed by atoms with van der Waals surface area (Å²) in [4.78, 5) is 15.5. The molecule has 0 saturated heterocycles. The standard InChI is InChI=1S/C33H28ClF2N3O6/c1-43-28-4-2-3-23(32(28)36)21-5-7-25(35)31-22(21)6-8-27(31)45-30-11-29(44-17-19-9-18(12-37)13-38-14-19)20(10-24(30)34)15-39-26(16-40)33(41)42/h2-5,7,9-11,13-14,26-27,39-40H,6,8,15-17H2,1H3,(H,41,42)/t26-,27?/m0/s1. The number of methoxy groups -OCH3 is 1. The molecule has 232 valence electrons. The number of nitriles is 1. The zero-order chi connectivity index (χ0) is 32.1. The fraction of sp³-hybridized carbons (Fsp3) is 0.242. The average Bonchev–Trinajstić information content (AvgIpc) is 3.46. The molecule has 1 aromatic heterocycles. The molecule has 0 spiro atoms. The number of hydrogen-bond donors (Lipinski definition) is 3. The summed E-state index contributed by atoms with van der Waals surface area (Å²) in [5, 5.41) is 30.9. The Kier molecular flexibility index (Phi) is 9.78. The second kappa shape index (κ2) is 13.9. The minimum atomic E-state index is -1.24. The lowest BCUT2D eigenvalue weighted by molar-refractivity contribution is -0.140. The van der Waals surface area contributed by atoms with Gasteiger partial charge in [0.05, 0.1) is 24.3 Å². The Balaban J connectivity index is 1.47. The number of carboxylic acids is 1. The minimum absolute atomic E-state index is 0.00923. The second-order valence-corrected chi connectivity index (χ2v) is 10.7. The summed E-state index contributed by atoms with van der Waals surface area (Å²) in [7, 11) is 1.38. The molecule has 1 aliphatic carbocycles. The van der Waals surface area contributed by atoms with Gasteiger partial charge in [-0.05, 0) is 48.2 Å². The average molecular weight is 636 g/mol. The highest BCUT2D eigenvalue weighted by molar-refractivity contribution is 6.32. The van der Waals surface area contributed by atoms with Crippen LogP contribution >= 0.6 is 11.6 Å². The maximum Gasteiger partial charge on any atom is 0.323 e. The van der Waals surface area contributed by atoms with Crippen LogP contribution in [0.5, 0.6) is 17.2 Å². The van der Waals surface area contributed by atoms with E-state index in [0.717, 1.165) is 0 Å². The van der Waals surface area contributed by atoms with E-state index in [4.69, 9.17) is 25.8 Å². The summed E-state index contributed by atoms with van der Waals surface area (Å²) in [6, 6.07) is 13.1. The molecule has 4 aromatic rings. The molecule has 0 radical (unpaired) electrons. The maximum absolute atomic E-state index is 15.3. The zero-order valence-electron chi connectivity index (χ0n) is 24.0. The largest absolute Gasteiger partial charge is 0.494 e. The van der Waals surface area contributed by atoms with Gasteiger partial charge in [0.2, 0.25) is 0 Å². The lowest BCUT2D eigenvalue weighted by atomic mass is 9.95. The topological polar surface area (TPSA) is 134 Å². The van der Waals surface area contributed by atoms with Crippen molar-refractivity contribution in [3.8, 4) is 34.4 Å². The Bertz CT molecular complexity index is 1780. The van der Waals surface area contributed by atoms with Gasteiger partial charge in [0.1, 0.15) is 42.1 Å². The van der Waals surface area contributed by atoms with Crippen molar-refractivity contribution in [2.45, 2.75) is 38.1 Å². The van der Waals surface area contributed by atoms with E-state index in [9.17, 15) is 20.3 Å². The van der Waals surface area contributed by atoms with Crippen LogP contribution in [0.25, 0.3) is 11.1 Å². The number of ether oxygens (including phenoxy) is 3. The number of aliphatic hydroxyl groups excluding tert-OH is 1. The van der Waals surface area contributed by atoms with Gasteiger partial charge in [0.15, 0.2) is 11.6 Å². The summed E-state index contributed by atoms with van der Waals surface area (Å²) in [5.74, 6) is -1.74. The third-order valence-electron chi connectivity index (χ3n) is 7.48. The molecule has 0 amide bonds. The molecule has 3 aromatic carbocycles. The SMILES string of the molecule is COc1cccc(-c2ccc(F)c3c2CCC3Oc2cc(OCc3cncc(C#N)c3)c(CN[C@@H](CO)C(=O)O)cc2Cl)c1F. The molecule has 5 rings (SSSR count). The highest BCUT2D eigenvalue weighted by atomic mass is 35.5. The van der Waals surface area contributed by atoms with Gasteiger partial charge in [-0.3, -0.25) is 15.1 Å². The predicted octanol–water partition coefficient (Wildman–Crippen LogP) is 5.74. The van der Waals surface area contributed by atoms with E-state index in [1.807, 2.05) is 6.07 Å². The summed E-state index contributed by atoms with van der Waals surface area (Å²) in [6.45, 7) is -0.656. The number of pyridine rings is 1. The van der Waals surface area contributed by atoms with Crippen molar-refractivity contribution in [3.05, 3.63) is 105 Å². The van der Waals surface area contributed by atoms with Gasteiger partial charge in [-0.25, -0.2) is 8.78 Å². The van der Waals surface area contributed by atoms with E-state index >= 15 is 8.78 Å². The van der Waals surface area contributed by atoms with Gasteiger partial charge in [-0.15, -0.1) is 0 Å². The predicted molar refractivity (Wildman–Crippen MR) is 160 cm³/mol. The Morgan fingerprint density at radius 1 is 1.16 bits per heavy atom. The number of benzene rings is 3. The summed E-state index contributed by atoms with van der Waals surface area (Å²) in [6.07, 6.45) is 3.03. The lowest BCUT2D eigenvalue weighted by Gasteiger charge is -2.21. The molecule has 2 atom stereocenters. The van der Waals surface area contributed by atoms with Crippen molar-refractivity contribution in [1.82, 2.24) is 10.3 Å². The van der Waals surface area contributed by atoms with E-state index in [1.54, 1.807) is 30.5 Å². The first-order chi connectivity index (χ1) is 21.7. The molecule has 3 N–H and O–H groups in total. The van der Waals surface area contributed by atoms with Gasteiger partial charge in [-0.2, -0.15) is 5.26 Å². The van der Waals surface area contributed by atoms with Crippen LogP contribution < -0.4 is 19.5 Å². The number of aromatic nitrogens is 1. The molecule has 0 aliphatic heterocycles. The normalized spacial score (nSPS) is 14.4. The monoisotopic (exact) mass is 635 g/mol. The minimum Gasteiger partial charge on any atom is -0.494 e. The smallest absolute Gasteiger partial charge is 0.323 e. The van der Waals surface area contributed by atoms with E-state index < -0.39 is 36.4 Å². The van der Waals surface area contributed by atoms with Crippen LogP contribution in [0.4, 0.5) is 8.78 Å². The fourth-order valence-corrected chi connectivity index (χ4v) is 5.49. The van der Waals surface area contributed by atoms with E-state index in [0.29, 0.717) is 46.2 Å². The van der Waals surface area contributed by atoms with Crippen LogP contribution in [0.3, 0.4) is 0 Å². The quantitative estimate of drug-likeness (QED) is 0.178. The number of nitrogens with zero attached hydrogens (tertiary/aromatic N) is 2. The first-order valence-corrected chi connectivity index (χ1v) is 14.3. The maximum atomic E-state index is 15.3. The zero-order valence-corrected chi connectivity index (χ0v) is 24.8. The van der Waals surface area contributed by atoms with Gasteiger partial charge in [-0.1, -0.05) is 29.8 Å². The van der Waals surface area contributed by atoms with Crippen LogP contribution in [-0.4, -0.2) is 40.9 Å². The molecule has 12 heteroatoms. The highest BCUT2D eigenvalue weighted by Crippen LogP contribution is 2.45. The second-order valence-electron chi connectivity index (χ2n) is 10.3. The van der Waals surface area contributed by atoms with Gasteiger partial charge in [0, 0.05) is 47.3 Å². The van der Waals surface area contributed by atoms with Crippen molar-refractivity contribution in [1.29, 1.82) is 5.26 Å². The molecule has 0 bridgehead atoms. The number of halogens is 3. The van der Waals surface area contributed by atoms with Crippen LogP contribution in [0, 0.1) is 23.0 Å². The molecule has 1 heterocycles. The highest BCUT2D eigenvalue weighted by Gasteiger charge is 2.32.